The number of nitro groups is 1. The van der Waals surface area contributed by atoms with E-state index in [0.29, 0.717) is 0 Å². The van der Waals surface area contributed by atoms with Gasteiger partial charge in [0.2, 0.25) is 5.16 Å². The molecule has 0 bridgehead atoms. The average molecular weight is 388 g/mol. The van der Waals surface area contributed by atoms with Crippen molar-refractivity contribution in [1.29, 1.82) is 0 Å². The molecule has 2 aromatic rings. The number of thioether (sulfide) groups is 2. The van der Waals surface area contributed by atoms with Crippen LogP contribution >= 0.6 is 23.5 Å². The highest BCUT2D eigenvalue weighted by Crippen LogP contribution is 2.51. The highest BCUT2D eigenvalue weighted by atomic mass is 32.2. The van der Waals surface area contributed by atoms with Gasteiger partial charge in [0.15, 0.2) is 5.82 Å². The van der Waals surface area contributed by atoms with E-state index in [0.717, 1.165) is 53.2 Å². The van der Waals surface area contributed by atoms with Crippen molar-refractivity contribution in [1.82, 2.24) is 14.9 Å². The molecule has 1 saturated heterocycles. The molecule has 0 N–H and O–H groups in total. The second kappa shape index (κ2) is 5.92. The number of fused-ring (bicyclic) bond motifs is 3. The molecule has 5 rings (SSSR count). The van der Waals surface area contributed by atoms with Crippen molar-refractivity contribution >= 4 is 34.9 Å². The first kappa shape index (κ1) is 16.0. The van der Waals surface area contributed by atoms with E-state index in [1.165, 1.54) is 0 Å². The third-order valence-corrected chi connectivity index (χ3v) is 7.04. The summed E-state index contributed by atoms with van der Waals surface area (Å²) in [6, 6.07) is 5.64. The summed E-state index contributed by atoms with van der Waals surface area (Å²) >= 11 is 3.23. The fourth-order valence-electron chi connectivity index (χ4n) is 3.65. The fourth-order valence-corrected chi connectivity index (χ4v) is 5.92. The van der Waals surface area contributed by atoms with Gasteiger partial charge in [-0.25, -0.2) is 4.68 Å². The van der Waals surface area contributed by atoms with Gasteiger partial charge in [-0.2, -0.15) is 0 Å². The predicted molar refractivity (Wildman–Crippen MR) is 102 cm³/mol. The number of rotatable bonds is 3. The summed E-state index contributed by atoms with van der Waals surface area (Å²) in [6.45, 7) is 3.69. The smallest absolute Gasteiger partial charge is 0.292 e. The molecule has 3 aliphatic rings. The van der Waals surface area contributed by atoms with Gasteiger partial charge in [0.1, 0.15) is 16.1 Å². The molecule has 0 unspecified atom stereocenters. The molecule has 1 fully saturated rings. The second-order valence-electron chi connectivity index (χ2n) is 6.43. The molecule has 0 saturated carbocycles. The minimum atomic E-state index is -0.265. The van der Waals surface area contributed by atoms with E-state index >= 15 is 0 Å². The highest BCUT2D eigenvalue weighted by molar-refractivity contribution is 8.07. The van der Waals surface area contributed by atoms with Crippen LogP contribution in [0.25, 0.3) is 0 Å². The minimum Gasteiger partial charge on any atom is -0.366 e. The van der Waals surface area contributed by atoms with Crippen LogP contribution in [0.3, 0.4) is 0 Å². The van der Waals surface area contributed by atoms with Crippen molar-refractivity contribution in [3.8, 4) is 0 Å². The van der Waals surface area contributed by atoms with Gasteiger partial charge >= 0.3 is 0 Å². The first-order valence-electron chi connectivity index (χ1n) is 8.42. The Bertz CT molecular complexity index is 937. The van der Waals surface area contributed by atoms with E-state index in [4.69, 9.17) is 0 Å². The van der Waals surface area contributed by atoms with Crippen molar-refractivity contribution < 1.29 is 4.92 Å². The molecule has 0 amide bonds. The van der Waals surface area contributed by atoms with Crippen LogP contribution in [0, 0.1) is 17.0 Å². The Kier molecular flexibility index (Phi) is 3.64. The third kappa shape index (κ3) is 2.32. The first-order valence-corrected chi connectivity index (χ1v) is 10.2. The van der Waals surface area contributed by atoms with Crippen LogP contribution in [0.1, 0.15) is 29.6 Å². The van der Waals surface area contributed by atoms with Crippen molar-refractivity contribution in [2.24, 2.45) is 0 Å². The largest absolute Gasteiger partial charge is 0.366 e. The molecule has 3 aliphatic heterocycles. The number of nitro benzene ring substituents is 1. The molecular formula is C16H16N6O2S2. The number of hydrogen-bond donors (Lipinski definition) is 0. The molecule has 1 aromatic carbocycles. The lowest BCUT2D eigenvalue weighted by atomic mass is 10.1. The van der Waals surface area contributed by atoms with Gasteiger partial charge in [-0.1, -0.05) is 17.8 Å². The zero-order valence-electron chi connectivity index (χ0n) is 14.0. The zero-order chi connectivity index (χ0) is 17.8. The number of hydrogen-bond acceptors (Lipinski definition) is 8. The summed E-state index contributed by atoms with van der Waals surface area (Å²) in [4.78, 5) is 13.5. The van der Waals surface area contributed by atoms with Gasteiger partial charge in [0.25, 0.3) is 5.69 Å². The molecule has 0 spiro atoms. The average Bonchev–Trinajstić information content (AvgIpc) is 3.37. The SMILES string of the molecule is Cc1nnc2n1N1C(=CS[C@@H]1c1ccc(N3CCCC3)c([N+](=O)[O-])c1)S2. The zero-order valence-corrected chi connectivity index (χ0v) is 15.7. The maximum absolute atomic E-state index is 11.7. The van der Waals surface area contributed by atoms with Gasteiger partial charge in [-0.05, 0) is 43.2 Å². The van der Waals surface area contributed by atoms with Crippen molar-refractivity contribution in [2.45, 2.75) is 30.3 Å². The lowest BCUT2D eigenvalue weighted by molar-refractivity contribution is -0.384. The lowest BCUT2D eigenvalue weighted by Gasteiger charge is -2.26. The van der Waals surface area contributed by atoms with Gasteiger partial charge in [-0.15, -0.1) is 10.2 Å². The van der Waals surface area contributed by atoms with Gasteiger partial charge in [-0.3, -0.25) is 15.1 Å². The van der Waals surface area contributed by atoms with Crippen molar-refractivity contribution in [3.05, 3.63) is 50.1 Å². The monoisotopic (exact) mass is 388 g/mol. The van der Waals surface area contributed by atoms with E-state index in [-0.39, 0.29) is 16.0 Å². The number of aromatic nitrogens is 3. The van der Waals surface area contributed by atoms with Crippen LogP contribution in [0.4, 0.5) is 11.4 Å². The van der Waals surface area contributed by atoms with Crippen LogP contribution in [-0.4, -0.2) is 32.9 Å². The molecule has 26 heavy (non-hydrogen) atoms. The maximum atomic E-state index is 11.7. The van der Waals surface area contributed by atoms with Crippen molar-refractivity contribution in [3.63, 3.8) is 0 Å². The van der Waals surface area contributed by atoms with E-state index in [2.05, 4.69) is 25.5 Å². The molecule has 4 heterocycles. The molecule has 0 aliphatic carbocycles. The van der Waals surface area contributed by atoms with Crippen LogP contribution in [0.2, 0.25) is 0 Å². The number of aryl methyl sites for hydroxylation is 1. The van der Waals surface area contributed by atoms with Crippen LogP contribution < -0.4 is 9.91 Å². The number of nitrogens with zero attached hydrogens (tertiary/aromatic N) is 6. The summed E-state index contributed by atoms with van der Waals surface area (Å²) in [5, 5.41) is 26.1. The molecule has 8 nitrogen and oxygen atoms in total. The third-order valence-electron chi connectivity index (χ3n) is 4.85. The Morgan fingerprint density at radius 2 is 2.08 bits per heavy atom. The lowest BCUT2D eigenvalue weighted by Crippen LogP contribution is -2.30. The quantitative estimate of drug-likeness (QED) is 0.585. The molecule has 134 valence electrons. The van der Waals surface area contributed by atoms with Crippen molar-refractivity contribution in [2.75, 3.05) is 23.0 Å². The molecular weight excluding hydrogens is 372 g/mol. The van der Waals surface area contributed by atoms with Crippen LogP contribution in [0.15, 0.2) is 33.8 Å². The summed E-state index contributed by atoms with van der Waals surface area (Å²) in [5.74, 6) is 0.812. The number of benzene rings is 1. The Balaban J connectivity index is 1.54. The minimum absolute atomic E-state index is 0.0558. The van der Waals surface area contributed by atoms with E-state index in [9.17, 15) is 10.1 Å². The highest BCUT2D eigenvalue weighted by Gasteiger charge is 2.39. The first-order chi connectivity index (χ1) is 12.6. The van der Waals surface area contributed by atoms with Gasteiger partial charge in [0.05, 0.1) is 4.92 Å². The molecule has 1 aromatic heterocycles. The molecule has 10 heteroatoms. The van der Waals surface area contributed by atoms with E-state index in [1.54, 1.807) is 29.6 Å². The maximum Gasteiger partial charge on any atom is 0.292 e. The Morgan fingerprint density at radius 1 is 1.27 bits per heavy atom. The standard InChI is InChI=1S/C16H16N6O2S2/c1-10-17-18-16-20(10)21-14(26-16)9-25-15(21)11-4-5-12(13(8-11)22(23)24)19-6-2-3-7-19/h4-5,8-9,15H,2-3,6-7H2,1H3/t15-/m1/s1. The van der Waals surface area contributed by atoms with Crippen LogP contribution in [-0.2, 0) is 0 Å². The normalized spacial score (nSPS) is 21.1. The topological polar surface area (TPSA) is 80.3 Å². The summed E-state index contributed by atoms with van der Waals surface area (Å²) in [5.41, 5.74) is 1.83. The van der Waals surface area contributed by atoms with Crippen LogP contribution in [0.5, 0.6) is 0 Å². The number of anilines is 1. The summed E-state index contributed by atoms with van der Waals surface area (Å²) in [7, 11) is 0. The van der Waals surface area contributed by atoms with Gasteiger partial charge < -0.3 is 4.90 Å². The Hall–Kier alpha value is -2.20. The molecule has 1 atom stereocenters. The Labute approximate surface area is 158 Å². The summed E-state index contributed by atoms with van der Waals surface area (Å²) in [6.07, 6.45) is 2.18. The Morgan fingerprint density at radius 3 is 2.85 bits per heavy atom. The van der Waals surface area contributed by atoms with E-state index < -0.39 is 0 Å². The predicted octanol–water partition coefficient (Wildman–Crippen LogP) is 3.38. The fraction of sp³-hybridized carbons (Fsp3) is 0.375. The van der Waals surface area contributed by atoms with Gasteiger partial charge in [0, 0.05) is 24.6 Å². The second-order valence-corrected chi connectivity index (χ2v) is 8.37. The summed E-state index contributed by atoms with van der Waals surface area (Å²) < 4.78 is 1.99. The molecule has 0 radical (unpaired) electrons. The van der Waals surface area contributed by atoms with E-state index in [1.807, 2.05) is 23.7 Å².